The lowest BCUT2D eigenvalue weighted by atomic mass is 9.95. The summed E-state index contributed by atoms with van der Waals surface area (Å²) in [6.07, 6.45) is 4.04. The van der Waals surface area contributed by atoms with Crippen LogP contribution in [0.1, 0.15) is 28.3 Å². The fraction of sp³-hybridized carbons (Fsp3) is 0.133. The summed E-state index contributed by atoms with van der Waals surface area (Å²) in [7, 11) is 0. The summed E-state index contributed by atoms with van der Waals surface area (Å²) < 4.78 is 1.19. The molecule has 1 heterocycles. The van der Waals surface area contributed by atoms with E-state index in [9.17, 15) is 0 Å². The molecule has 0 N–H and O–H groups in total. The highest BCUT2D eigenvalue weighted by molar-refractivity contribution is 9.11. The van der Waals surface area contributed by atoms with Crippen LogP contribution in [-0.2, 0) is 0 Å². The summed E-state index contributed by atoms with van der Waals surface area (Å²) >= 11 is 3.67. The van der Waals surface area contributed by atoms with E-state index in [2.05, 4.69) is 58.2 Å². The highest BCUT2D eigenvalue weighted by Crippen LogP contribution is 2.43. The molecule has 2 aromatic rings. The summed E-state index contributed by atoms with van der Waals surface area (Å²) in [6, 6.07) is 12.6. The number of benzene rings is 1. The van der Waals surface area contributed by atoms with Crippen LogP contribution >= 0.6 is 15.9 Å². The normalized spacial score (nSPS) is 17.8. The van der Waals surface area contributed by atoms with Gasteiger partial charge < -0.3 is 0 Å². The van der Waals surface area contributed by atoms with Crippen molar-refractivity contribution in [2.24, 2.45) is 0 Å². The van der Waals surface area contributed by atoms with Crippen LogP contribution < -0.4 is 0 Å². The average Bonchev–Trinajstić information content (AvgIpc) is 2.65. The Morgan fingerprint density at radius 2 is 2.06 bits per heavy atom. The van der Waals surface area contributed by atoms with Crippen LogP contribution in [-0.4, -0.2) is 4.98 Å². The minimum absolute atomic E-state index is 0.256. The van der Waals surface area contributed by atoms with Gasteiger partial charge in [-0.1, -0.05) is 45.8 Å². The van der Waals surface area contributed by atoms with E-state index in [1.54, 1.807) is 0 Å². The number of pyridine rings is 1. The lowest BCUT2D eigenvalue weighted by Gasteiger charge is -2.13. The van der Waals surface area contributed by atoms with Crippen molar-refractivity contribution in [1.29, 1.82) is 0 Å². The van der Waals surface area contributed by atoms with Crippen LogP contribution in [0, 0.1) is 6.92 Å². The van der Waals surface area contributed by atoms with Gasteiger partial charge in [0.25, 0.3) is 0 Å². The Bertz CT molecular complexity index is 587. The first-order valence-electron chi connectivity index (χ1n) is 5.64. The summed E-state index contributed by atoms with van der Waals surface area (Å²) in [5.74, 6) is 0.256. The molecule has 0 saturated carbocycles. The molecule has 0 spiro atoms. The quantitative estimate of drug-likeness (QED) is 0.762. The molecule has 1 nitrogen and oxygen atoms in total. The number of allylic oxidation sites excluding steroid dienone is 1. The monoisotopic (exact) mass is 285 g/mol. The van der Waals surface area contributed by atoms with Crippen LogP contribution in [0.4, 0.5) is 0 Å². The number of hydrogen-bond acceptors (Lipinski definition) is 1. The van der Waals surface area contributed by atoms with Crippen LogP contribution in [0.25, 0.3) is 6.08 Å². The maximum absolute atomic E-state index is 4.47. The average molecular weight is 286 g/mol. The molecule has 84 valence electrons. The van der Waals surface area contributed by atoms with E-state index in [1.165, 1.54) is 21.2 Å². The Hall–Kier alpha value is -1.41. The zero-order valence-electron chi connectivity index (χ0n) is 9.52. The smallest absolute Gasteiger partial charge is 0.0585 e. The molecule has 17 heavy (non-hydrogen) atoms. The third kappa shape index (κ3) is 1.83. The Balaban J connectivity index is 2.15. The number of aryl methyl sites for hydroxylation is 1. The van der Waals surface area contributed by atoms with E-state index in [-0.39, 0.29) is 5.92 Å². The van der Waals surface area contributed by atoms with Crippen molar-refractivity contribution in [2.45, 2.75) is 12.8 Å². The Morgan fingerprint density at radius 1 is 1.18 bits per heavy atom. The molecule has 0 fully saturated rings. The Kier molecular flexibility index (Phi) is 2.60. The second kappa shape index (κ2) is 4.11. The third-order valence-corrected chi connectivity index (χ3v) is 3.79. The van der Waals surface area contributed by atoms with Gasteiger partial charge in [0.05, 0.1) is 11.6 Å². The highest BCUT2D eigenvalue weighted by atomic mass is 79.9. The van der Waals surface area contributed by atoms with Crippen molar-refractivity contribution >= 4 is 22.0 Å². The van der Waals surface area contributed by atoms with E-state index < -0.39 is 0 Å². The van der Waals surface area contributed by atoms with Crippen molar-refractivity contribution in [3.8, 4) is 0 Å². The molecule has 1 aromatic heterocycles. The minimum Gasteiger partial charge on any atom is -0.260 e. The summed E-state index contributed by atoms with van der Waals surface area (Å²) in [5, 5.41) is 0. The third-order valence-electron chi connectivity index (χ3n) is 3.11. The molecular formula is C15H12BrN. The standard InChI is InChI=1S/C15H12BrN/c1-10-5-6-11-9-13(16)15(12(11)8-10)14-4-2-3-7-17-14/h2-9,15H,1H3. The second-order valence-electron chi connectivity index (χ2n) is 4.35. The first kappa shape index (κ1) is 10.7. The number of nitrogens with zero attached hydrogens (tertiary/aromatic N) is 1. The molecular weight excluding hydrogens is 274 g/mol. The lowest BCUT2D eigenvalue weighted by molar-refractivity contribution is 0.961. The van der Waals surface area contributed by atoms with Crippen LogP contribution in [0.2, 0.25) is 0 Å². The van der Waals surface area contributed by atoms with E-state index in [0.29, 0.717) is 0 Å². The van der Waals surface area contributed by atoms with E-state index in [4.69, 9.17) is 0 Å². The zero-order valence-corrected chi connectivity index (χ0v) is 11.1. The molecule has 1 aliphatic rings. The predicted molar refractivity (Wildman–Crippen MR) is 74.2 cm³/mol. The molecule has 1 unspecified atom stereocenters. The minimum atomic E-state index is 0.256. The molecule has 1 atom stereocenters. The topological polar surface area (TPSA) is 12.9 Å². The predicted octanol–water partition coefficient (Wildman–Crippen LogP) is 4.27. The maximum atomic E-state index is 4.47. The number of aromatic nitrogens is 1. The van der Waals surface area contributed by atoms with Crippen molar-refractivity contribution < 1.29 is 0 Å². The van der Waals surface area contributed by atoms with Gasteiger partial charge in [-0.15, -0.1) is 0 Å². The summed E-state index contributed by atoms with van der Waals surface area (Å²) in [6.45, 7) is 2.13. The van der Waals surface area contributed by atoms with Gasteiger partial charge in [-0.3, -0.25) is 4.98 Å². The Morgan fingerprint density at radius 3 is 2.82 bits per heavy atom. The van der Waals surface area contributed by atoms with Crippen molar-refractivity contribution in [1.82, 2.24) is 4.98 Å². The molecule has 1 aromatic carbocycles. The number of halogens is 1. The molecule has 0 amide bonds. The van der Waals surface area contributed by atoms with E-state index >= 15 is 0 Å². The molecule has 0 saturated heterocycles. The molecule has 3 rings (SSSR count). The SMILES string of the molecule is Cc1ccc2c(c1)C(c1ccccn1)C(Br)=C2. The molecule has 0 aliphatic heterocycles. The number of hydrogen-bond donors (Lipinski definition) is 0. The van der Waals surface area contributed by atoms with Gasteiger partial charge in [-0.05, 0) is 36.3 Å². The first-order chi connectivity index (χ1) is 8.25. The van der Waals surface area contributed by atoms with Crippen LogP contribution in [0.15, 0.2) is 47.1 Å². The number of rotatable bonds is 1. The van der Waals surface area contributed by atoms with Crippen molar-refractivity contribution in [2.75, 3.05) is 0 Å². The van der Waals surface area contributed by atoms with Gasteiger partial charge in [0.2, 0.25) is 0 Å². The molecule has 0 radical (unpaired) electrons. The van der Waals surface area contributed by atoms with Gasteiger partial charge in [-0.2, -0.15) is 0 Å². The first-order valence-corrected chi connectivity index (χ1v) is 6.43. The fourth-order valence-electron chi connectivity index (χ4n) is 2.30. The second-order valence-corrected chi connectivity index (χ2v) is 5.26. The highest BCUT2D eigenvalue weighted by Gasteiger charge is 2.26. The summed E-state index contributed by atoms with van der Waals surface area (Å²) in [4.78, 5) is 4.47. The number of fused-ring (bicyclic) bond motifs is 1. The largest absolute Gasteiger partial charge is 0.260 e. The van der Waals surface area contributed by atoms with Crippen molar-refractivity contribution in [3.05, 3.63) is 69.5 Å². The summed E-state index contributed by atoms with van der Waals surface area (Å²) in [5.41, 5.74) is 5.02. The Labute approximate surface area is 109 Å². The van der Waals surface area contributed by atoms with Crippen molar-refractivity contribution in [3.63, 3.8) is 0 Å². The maximum Gasteiger partial charge on any atom is 0.0585 e. The molecule has 2 heteroatoms. The van der Waals surface area contributed by atoms with Crippen LogP contribution in [0.5, 0.6) is 0 Å². The van der Waals surface area contributed by atoms with Gasteiger partial charge in [-0.25, -0.2) is 0 Å². The van der Waals surface area contributed by atoms with Gasteiger partial charge in [0.15, 0.2) is 0 Å². The lowest BCUT2D eigenvalue weighted by Crippen LogP contribution is -2.00. The molecule has 0 bridgehead atoms. The zero-order chi connectivity index (χ0) is 11.8. The van der Waals surface area contributed by atoms with Gasteiger partial charge >= 0.3 is 0 Å². The molecule has 1 aliphatic carbocycles. The van der Waals surface area contributed by atoms with E-state index in [0.717, 1.165) is 5.69 Å². The van der Waals surface area contributed by atoms with Crippen LogP contribution in [0.3, 0.4) is 0 Å². The fourth-order valence-corrected chi connectivity index (χ4v) is 3.03. The van der Waals surface area contributed by atoms with Gasteiger partial charge in [0.1, 0.15) is 0 Å². The van der Waals surface area contributed by atoms with E-state index in [1.807, 2.05) is 18.3 Å². The van der Waals surface area contributed by atoms with Gasteiger partial charge in [0, 0.05) is 10.7 Å².